The summed E-state index contributed by atoms with van der Waals surface area (Å²) in [6, 6.07) is 0. The van der Waals surface area contributed by atoms with Crippen LogP contribution in [0.3, 0.4) is 0 Å². The number of carboxylic acid groups (broad SMARTS) is 1. The Kier molecular flexibility index (Phi) is 3.85. The summed E-state index contributed by atoms with van der Waals surface area (Å²) in [4.78, 5) is 10.4. The molecule has 1 saturated carbocycles. The highest BCUT2D eigenvalue weighted by Gasteiger charge is 2.59. The number of halogens is 6. The van der Waals surface area contributed by atoms with E-state index >= 15 is 0 Å². The van der Waals surface area contributed by atoms with Crippen molar-refractivity contribution in [3.05, 3.63) is 0 Å². The van der Waals surface area contributed by atoms with Gasteiger partial charge in [-0.15, -0.1) is 0 Å². The van der Waals surface area contributed by atoms with Crippen molar-refractivity contribution in [2.24, 2.45) is 5.41 Å². The molecule has 9 heteroatoms. The summed E-state index contributed by atoms with van der Waals surface area (Å²) in [6.07, 6.45) is -15.0. The lowest BCUT2D eigenvalue weighted by atomic mass is 10.0. The Labute approximate surface area is 97.7 Å². The SMILES string of the molecule is O=C(O)CC1(COC(C(F)(F)F)C(F)(F)F)CC1. The fourth-order valence-electron chi connectivity index (χ4n) is 1.50. The van der Waals surface area contributed by atoms with Gasteiger partial charge in [-0.3, -0.25) is 4.79 Å². The molecule has 0 bridgehead atoms. The standard InChI is InChI=1S/C9H10F6O3/c10-8(11,12)6(9(13,14)15)18-4-7(1-2-7)3-5(16)17/h6H,1-4H2,(H,16,17). The third kappa shape index (κ3) is 4.04. The van der Waals surface area contributed by atoms with Crippen LogP contribution in [-0.4, -0.2) is 36.1 Å². The normalized spacial score (nSPS) is 19.1. The first-order valence-electron chi connectivity index (χ1n) is 4.93. The van der Waals surface area contributed by atoms with Gasteiger partial charge in [0.15, 0.2) is 0 Å². The van der Waals surface area contributed by atoms with Crippen LogP contribution in [0.25, 0.3) is 0 Å². The summed E-state index contributed by atoms with van der Waals surface area (Å²) in [6.45, 7) is -0.858. The van der Waals surface area contributed by atoms with Crippen molar-refractivity contribution >= 4 is 5.97 Å². The summed E-state index contributed by atoms with van der Waals surface area (Å²) in [5.74, 6) is -1.27. The average molecular weight is 280 g/mol. The molecular formula is C9H10F6O3. The van der Waals surface area contributed by atoms with E-state index in [2.05, 4.69) is 4.74 Å². The van der Waals surface area contributed by atoms with Crippen LogP contribution in [0.5, 0.6) is 0 Å². The van der Waals surface area contributed by atoms with Crippen molar-refractivity contribution in [1.82, 2.24) is 0 Å². The predicted molar refractivity (Wildman–Crippen MR) is 45.8 cm³/mol. The zero-order chi connectivity index (χ0) is 14.2. The first-order chi connectivity index (χ1) is 7.96. The number of rotatable bonds is 5. The molecule has 0 saturated heterocycles. The highest BCUT2D eigenvalue weighted by molar-refractivity contribution is 5.68. The number of ether oxygens (including phenoxy) is 1. The summed E-state index contributed by atoms with van der Waals surface area (Å²) in [5, 5.41) is 8.47. The molecule has 106 valence electrons. The van der Waals surface area contributed by atoms with Crippen LogP contribution >= 0.6 is 0 Å². The third-order valence-corrected chi connectivity index (χ3v) is 2.63. The van der Waals surface area contributed by atoms with Gasteiger partial charge in [0.05, 0.1) is 13.0 Å². The van der Waals surface area contributed by atoms with Crippen LogP contribution in [0, 0.1) is 5.41 Å². The number of carboxylic acids is 1. The lowest BCUT2D eigenvalue weighted by Crippen LogP contribution is -2.45. The van der Waals surface area contributed by atoms with Gasteiger partial charge >= 0.3 is 18.3 Å². The summed E-state index contributed by atoms with van der Waals surface area (Å²) < 4.78 is 76.6. The van der Waals surface area contributed by atoms with Gasteiger partial charge in [-0.05, 0) is 12.8 Å². The molecule has 0 heterocycles. The quantitative estimate of drug-likeness (QED) is 0.788. The molecule has 0 spiro atoms. The van der Waals surface area contributed by atoms with Crippen molar-refractivity contribution < 1.29 is 41.0 Å². The fraction of sp³-hybridized carbons (Fsp3) is 0.889. The second-order valence-electron chi connectivity index (χ2n) is 4.34. The third-order valence-electron chi connectivity index (χ3n) is 2.63. The van der Waals surface area contributed by atoms with E-state index in [1.54, 1.807) is 0 Å². The molecule has 0 atom stereocenters. The molecular weight excluding hydrogens is 270 g/mol. The highest BCUT2D eigenvalue weighted by Crippen LogP contribution is 2.50. The number of carbonyl (C=O) groups is 1. The second kappa shape index (κ2) is 4.60. The topological polar surface area (TPSA) is 46.5 Å². The maximum atomic E-state index is 12.1. The van der Waals surface area contributed by atoms with Crippen molar-refractivity contribution in [1.29, 1.82) is 0 Å². The smallest absolute Gasteiger partial charge is 0.423 e. The first kappa shape index (κ1) is 15.1. The molecule has 3 nitrogen and oxygen atoms in total. The van der Waals surface area contributed by atoms with E-state index in [9.17, 15) is 31.1 Å². The Hall–Kier alpha value is -0.990. The number of hydrogen-bond acceptors (Lipinski definition) is 2. The van der Waals surface area contributed by atoms with Crippen LogP contribution in [0.15, 0.2) is 0 Å². The average Bonchev–Trinajstić information content (AvgIpc) is 2.78. The number of aliphatic carboxylic acids is 1. The zero-order valence-electron chi connectivity index (χ0n) is 8.94. The molecule has 1 aliphatic rings. The molecule has 0 aromatic rings. The van der Waals surface area contributed by atoms with E-state index in [0.29, 0.717) is 0 Å². The molecule has 0 aromatic carbocycles. The molecule has 0 radical (unpaired) electrons. The van der Waals surface area contributed by atoms with Gasteiger partial charge in [-0.25, -0.2) is 0 Å². The predicted octanol–water partition coefficient (Wildman–Crippen LogP) is 2.75. The summed E-state index contributed by atoms with van der Waals surface area (Å²) in [5.41, 5.74) is -1.08. The van der Waals surface area contributed by atoms with Crippen molar-refractivity contribution in [3.8, 4) is 0 Å². The Morgan fingerprint density at radius 1 is 1.17 bits per heavy atom. The van der Waals surface area contributed by atoms with E-state index in [-0.39, 0.29) is 12.8 Å². The van der Waals surface area contributed by atoms with E-state index in [4.69, 9.17) is 5.11 Å². The van der Waals surface area contributed by atoms with Gasteiger partial charge in [0, 0.05) is 5.41 Å². The molecule has 0 unspecified atom stereocenters. The van der Waals surface area contributed by atoms with Gasteiger partial charge < -0.3 is 9.84 Å². The van der Waals surface area contributed by atoms with Gasteiger partial charge in [0.25, 0.3) is 0 Å². The monoisotopic (exact) mass is 280 g/mol. The van der Waals surface area contributed by atoms with Crippen LogP contribution in [0.4, 0.5) is 26.3 Å². The van der Waals surface area contributed by atoms with Crippen LogP contribution < -0.4 is 0 Å². The lowest BCUT2D eigenvalue weighted by molar-refractivity contribution is -0.324. The van der Waals surface area contributed by atoms with Gasteiger partial charge in [0.1, 0.15) is 0 Å². The van der Waals surface area contributed by atoms with Crippen LogP contribution in [0.2, 0.25) is 0 Å². The zero-order valence-corrected chi connectivity index (χ0v) is 8.94. The van der Waals surface area contributed by atoms with Gasteiger partial charge in [0.2, 0.25) is 6.10 Å². The molecule has 1 aliphatic carbocycles. The Bertz CT molecular complexity index is 303. The first-order valence-corrected chi connectivity index (χ1v) is 4.93. The number of alkyl halides is 6. The van der Waals surface area contributed by atoms with Crippen molar-refractivity contribution in [3.63, 3.8) is 0 Å². The summed E-state index contributed by atoms with van der Waals surface area (Å²) >= 11 is 0. The van der Waals surface area contributed by atoms with E-state index in [1.165, 1.54) is 0 Å². The summed E-state index contributed by atoms with van der Waals surface area (Å²) in [7, 11) is 0. The van der Waals surface area contributed by atoms with Crippen molar-refractivity contribution in [2.45, 2.75) is 37.7 Å². The molecule has 1 rings (SSSR count). The Morgan fingerprint density at radius 2 is 1.61 bits per heavy atom. The molecule has 0 aromatic heterocycles. The molecule has 0 aliphatic heterocycles. The van der Waals surface area contributed by atoms with Gasteiger partial charge in [-0.1, -0.05) is 0 Å². The number of hydrogen-bond donors (Lipinski definition) is 1. The van der Waals surface area contributed by atoms with E-state index in [0.717, 1.165) is 0 Å². The highest BCUT2D eigenvalue weighted by atomic mass is 19.4. The fourth-order valence-corrected chi connectivity index (χ4v) is 1.50. The van der Waals surface area contributed by atoms with Crippen LogP contribution in [-0.2, 0) is 9.53 Å². The largest absolute Gasteiger partial charge is 0.481 e. The second-order valence-corrected chi connectivity index (χ2v) is 4.34. The Balaban J connectivity index is 2.62. The van der Waals surface area contributed by atoms with E-state index in [1.807, 2.05) is 0 Å². The maximum Gasteiger partial charge on any atom is 0.423 e. The minimum Gasteiger partial charge on any atom is -0.481 e. The van der Waals surface area contributed by atoms with Crippen molar-refractivity contribution in [2.75, 3.05) is 6.61 Å². The molecule has 0 amide bonds. The Morgan fingerprint density at radius 3 is 1.89 bits per heavy atom. The molecule has 1 fully saturated rings. The molecule has 1 N–H and O–H groups in total. The molecule has 18 heavy (non-hydrogen) atoms. The minimum atomic E-state index is -5.56. The van der Waals surface area contributed by atoms with Gasteiger partial charge in [-0.2, -0.15) is 26.3 Å². The van der Waals surface area contributed by atoms with E-state index < -0.39 is 42.9 Å². The lowest BCUT2D eigenvalue weighted by Gasteiger charge is -2.25. The van der Waals surface area contributed by atoms with Crippen LogP contribution in [0.1, 0.15) is 19.3 Å². The minimum absolute atomic E-state index is 0.252. The maximum absolute atomic E-state index is 12.1.